The van der Waals surface area contributed by atoms with Crippen LogP contribution in [-0.4, -0.2) is 22.9 Å². The molecule has 5 nitrogen and oxygen atoms in total. The van der Waals surface area contributed by atoms with E-state index >= 15 is 0 Å². The van der Waals surface area contributed by atoms with E-state index in [0.29, 0.717) is 0 Å². The van der Waals surface area contributed by atoms with E-state index in [2.05, 4.69) is 4.52 Å². The standard InChI is InChI=1S/C2H8NO4P/c3-1-2-7-8(4,5)6/h1-3H2,(H2,4,5,6)/i/hD. The molecule has 4 N–H and O–H groups in total. The monoisotopic (exact) mass is 142 g/mol. The van der Waals surface area contributed by atoms with E-state index < -0.39 is 7.82 Å². The molecule has 6 heteroatoms. The SMILES string of the molecule is [2H]NCCOP(=O)(O)O. The van der Waals surface area contributed by atoms with Crippen molar-refractivity contribution < 1.29 is 20.3 Å². The van der Waals surface area contributed by atoms with Crippen molar-refractivity contribution in [2.45, 2.75) is 0 Å². The minimum Gasteiger partial charge on any atom is -0.328 e. The number of hydrogen-bond donors (Lipinski definition) is 3. The van der Waals surface area contributed by atoms with Crippen LogP contribution in [0.25, 0.3) is 0 Å². The van der Waals surface area contributed by atoms with Crippen LogP contribution in [0.5, 0.6) is 0 Å². The van der Waals surface area contributed by atoms with Gasteiger partial charge in [-0.05, 0) is 0 Å². The van der Waals surface area contributed by atoms with E-state index in [4.69, 9.17) is 11.2 Å². The summed E-state index contributed by atoms with van der Waals surface area (Å²) in [6.45, 7) is -0.0567. The van der Waals surface area contributed by atoms with Gasteiger partial charge in [0.2, 0.25) is 0 Å². The molecule has 0 spiro atoms. The van der Waals surface area contributed by atoms with Crippen molar-refractivity contribution in [3.05, 3.63) is 0 Å². The molecule has 0 unspecified atom stereocenters. The van der Waals surface area contributed by atoms with Gasteiger partial charge in [0.05, 0.1) is 6.61 Å². The van der Waals surface area contributed by atoms with Crippen LogP contribution in [0.15, 0.2) is 0 Å². The molecule has 0 bridgehead atoms. The maximum Gasteiger partial charge on any atom is 0.469 e. The van der Waals surface area contributed by atoms with Gasteiger partial charge < -0.3 is 15.5 Å². The first-order valence-electron chi connectivity index (χ1n) is 2.41. The topological polar surface area (TPSA) is 92.8 Å². The smallest absolute Gasteiger partial charge is 0.328 e. The second-order valence-corrected chi connectivity index (χ2v) is 2.31. The van der Waals surface area contributed by atoms with E-state index in [-0.39, 0.29) is 13.2 Å². The molecule has 8 heavy (non-hydrogen) atoms. The summed E-state index contributed by atoms with van der Waals surface area (Å²) in [7, 11) is -4.32. The first-order chi connectivity index (χ1) is 4.06. The molecule has 0 saturated carbocycles. The highest BCUT2D eigenvalue weighted by atomic mass is 31.2. The molecule has 0 aromatic rings. The predicted octanol–water partition coefficient (Wildman–Crippen LogP) is -0.946. The van der Waals surface area contributed by atoms with E-state index in [0.717, 1.165) is 0 Å². The highest BCUT2D eigenvalue weighted by molar-refractivity contribution is 7.46. The molecule has 0 aliphatic carbocycles. The maximum atomic E-state index is 9.89. The summed E-state index contributed by atoms with van der Waals surface area (Å²) >= 11 is 0. The molecular formula is C2H8NO4P. The van der Waals surface area contributed by atoms with Crippen LogP contribution in [0.1, 0.15) is 0 Å². The fourth-order valence-electron chi connectivity index (χ4n) is 0.165. The van der Waals surface area contributed by atoms with Gasteiger partial charge in [-0.2, -0.15) is 0 Å². The quantitative estimate of drug-likeness (QED) is 0.347. The highest BCUT2D eigenvalue weighted by Gasteiger charge is 2.11. The zero-order chi connectivity index (χ0) is 7.33. The minimum atomic E-state index is -4.32. The van der Waals surface area contributed by atoms with Crippen molar-refractivity contribution in [3.63, 3.8) is 0 Å². The van der Waals surface area contributed by atoms with Gasteiger partial charge in [-0.25, -0.2) is 4.57 Å². The Morgan fingerprint density at radius 1 is 1.88 bits per heavy atom. The number of nitrogens with two attached hydrogens (primary N) is 1. The molecule has 50 valence electrons. The lowest BCUT2D eigenvalue weighted by Gasteiger charge is -2.00. The van der Waals surface area contributed by atoms with Crippen molar-refractivity contribution in [1.82, 2.24) is 0 Å². The van der Waals surface area contributed by atoms with Gasteiger partial charge >= 0.3 is 7.82 Å². The molecule has 0 aliphatic heterocycles. The third kappa shape index (κ3) is 6.07. The summed E-state index contributed by atoms with van der Waals surface area (Å²) in [4.78, 5) is 16.1. The molecule has 0 radical (unpaired) electrons. The van der Waals surface area contributed by atoms with E-state index in [9.17, 15) is 4.57 Å². The molecule has 0 aromatic carbocycles. The maximum absolute atomic E-state index is 9.89. The van der Waals surface area contributed by atoms with Crippen LogP contribution in [0.3, 0.4) is 0 Å². The van der Waals surface area contributed by atoms with E-state index in [1.165, 1.54) is 0 Å². The third-order valence-corrected chi connectivity index (χ3v) is 0.880. The van der Waals surface area contributed by atoms with Crippen LogP contribution in [-0.2, 0) is 9.09 Å². The van der Waals surface area contributed by atoms with Gasteiger partial charge in [0.25, 0.3) is 0 Å². The second kappa shape index (κ2) is 3.17. The summed E-state index contributed by atoms with van der Waals surface area (Å²) in [5.74, 6) is 0. The Balaban J connectivity index is 3.18. The Morgan fingerprint density at radius 3 is 2.88 bits per heavy atom. The van der Waals surface area contributed by atoms with E-state index in [1.54, 1.807) is 0 Å². The van der Waals surface area contributed by atoms with Gasteiger partial charge in [0.15, 0.2) is 0 Å². The van der Waals surface area contributed by atoms with Crippen LogP contribution >= 0.6 is 7.82 Å². The average molecular weight is 142 g/mol. The lowest BCUT2D eigenvalue weighted by atomic mass is 10.8. The summed E-state index contributed by atoms with van der Waals surface area (Å²) in [5, 5.41) is 0. The Kier molecular flexibility index (Phi) is 2.45. The lowest BCUT2D eigenvalue weighted by Crippen LogP contribution is -2.06. The van der Waals surface area contributed by atoms with E-state index in [1.807, 2.05) is 5.73 Å². The largest absolute Gasteiger partial charge is 0.469 e. The number of hydrogen-bond acceptors (Lipinski definition) is 3. The van der Waals surface area contributed by atoms with Crippen molar-refractivity contribution in [2.75, 3.05) is 13.2 Å². The highest BCUT2D eigenvalue weighted by Crippen LogP contribution is 2.34. The normalized spacial score (nSPS) is 13.5. The molecule has 0 saturated heterocycles. The molecule has 0 amide bonds. The predicted molar refractivity (Wildman–Crippen MR) is 27.1 cm³/mol. The Morgan fingerprint density at radius 2 is 2.50 bits per heavy atom. The molecule has 0 heterocycles. The first kappa shape index (κ1) is 6.19. The van der Waals surface area contributed by atoms with Crippen molar-refractivity contribution in [3.8, 4) is 0 Å². The van der Waals surface area contributed by atoms with Gasteiger partial charge in [0.1, 0.15) is 1.41 Å². The van der Waals surface area contributed by atoms with Crippen LogP contribution in [0, 0.1) is 0 Å². The summed E-state index contributed by atoms with van der Waals surface area (Å²) in [6.07, 6.45) is 0. The summed E-state index contributed by atoms with van der Waals surface area (Å²) < 4.78 is 20.2. The molecule has 0 rings (SSSR count). The van der Waals surface area contributed by atoms with Crippen LogP contribution < -0.4 is 5.73 Å². The third-order valence-electron chi connectivity index (χ3n) is 0.362. The molecule has 0 fully saturated rings. The number of phosphoric acid groups is 1. The fraction of sp³-hybridized carbons (Fsp3) is 1.00. The van der Waals surface area contributed by atoms with Gasteiger partial charge in [0, 0.05) is 6.54 Å². The lowest BCUT2D eigenvalue weighted by molar-refractivity contribution is 0.202. The summed E-state index contributed by atoms with van der Waals surface area (Å²) in [5.41, 5.74) is 1.92. The van der Waals surface area contributed by atoms with Crippen LogP contribution in [0.4, 0.5) is 0 Å². The van der Waals surface area contributed by atoms with Crippen molar-refractivity contribution in [1.29, 1.82) is 0 Å². The molecule has 0 aliphatic rings. The molecular weight excluding hydrogens is 133 g/mol. The van der Waals surface area contributed by atoms with Gasteiger partial charge in [-0.15, -0.1) is 0 Å². The zero-order valence-electron chi connectivity index (χ0n) is 5.07. The Labute approximate surface area is 48.2 Å². The van der Waals surface area contributed by atoms with Crippen LogP contribution in [0.2, 0.25) is 1.41 Å². The Bertz CT molecular complexity index is 113. The first-order valence-corrected chi connectivity index (χ1v) is 3.44. The zero-order valence-corrected chi connectivity index (χ0v) is 4.97. The van der Waals surface area contributed by atoms with Crippen molar-refractivity contribution >= 4 is 7.82 Å². The minimum absolute atomic E-state index is 0.102. The van der Waals surface area contributed by atoms with Gasteiger partial charge in [-0.1, -0.05) is 0 Å². The molecule has 0 aromatic heterocycles. The second-order valence-electron chi connectivity index (χ2n) is 1.07. The number of phosphoric ester groups is 1. The average Bonchev–Trinajstić information content (AvgIpc) is 1.63. The Hall–Kier alpha value is 0.0700. The van der Waals surface area contributed by atoms with Gasteiger partial charge in [-0.3, -0.25) is 4.52 Å². The number of rotatable bonds is 4. The molecule has 0 atom stereocenters. The van der Waals surface area contributed by atoms with Crippen molar-refractivity contribution in [2.24, 2.45) is 5.73 Å². The summed E-state index contributed by atoms with van der Waals surface area (Å²) in [6, 6.07) is 0. The fourth-order valence-corrected chi connectivity index (χ4v) is 0.494.